The number of carbonyl (C=O) groups excluding carboxylic acids is 1. The molecule has 1 atom stereocenters. The van der Waals surface area contributed by atoms with E-state index in [9.17, 15) is 9.90 Å². The summed E-state index contributed by atoms with van der Waals surface area (Å²) in [4.78, 5) is 14.5. The average molecular weight is 296 g/mol. The first-order valence-electron chi connectivity index (χ1n) is 8.83. The second-order valence-corrected chi connectivity index (χ2v) is 7.07. The summed E-state index contributed by atoms with van der Waals surface area (Å²) in [5.74, 6) is 1.15. The van der Waals surface area contributed by atoms with Crippen LogP contribution in [-0.4, -0.2) is 48.2 Å². The lowest BCUT2D eigenvalue weighted by atomic mass is 9.99. The molecule has 4 heteroatoms. The Morgan fingerprint density at radius 3 is 2.38 bits per heavy atom. The monoisotopic (exact) mass is 296 g/mol. The van der Waals surface area contributed by atoms with E-state index in [0.29, 0.717) is 13.1 Å². The predicted octanol–water partition coefficient (Wildman–Crippen LogP) is 2.17. The highest BCUT2D eigenvalue weighted by molar-refractivity contribution is 5.78. The summed E-state index contributed by atoms with van der Waals surface area (Å²) in [6, 6.07) is 0. The molecule has 2 aliphatic rings. The van der Waals surface area contributed by atoms with Crippen molar-refractivity contribution >= 4 is 5.91 Å². The first kappa shape index (κ1) is 16.8. The van der Waals surface area contributed by atoms with Crippen molar-refractivity contribution in [2.75, 3.05) is 26.2 Å². The number of nitrogens with zero attached hydrogens (tertiary/aromatic N) is 1. The van der Waals surface area contributed by atoms with Crippen LogP contribution in [0.3, 0.4) is 0 Å². The van der Waals surface area contributed by atoms with Crippen LogP contribution in [0.15, 0.2) is 0 Å². The molecule has 0 aromatic rings. The standard InChI is InChI=1S/C17H32N2O2/c1-14-8-10-19(11-9-14)13-16(20)12-18-17(21)15-6-4-2-3-5-7-15/h14-16,20H,2-13H2,1H3,(H,18,21)/t16-/m0/s1. The summed E-state index contributed by atoms with van der Waals surface area (Å²) in [7, 11) is 0. The third-order valence-corrected chi connectivity index (χ3v) is 5.08. The van der Waals surface area contributed by atoms with Gasteiger partial charge in [-0.1, -0.05) is 32.6 Å². The quantitative estimate of drug-likeness (QED) is 0.765. The summed E-state index contributed by atoms with van der Waals surface area (Å²) >= 11 is 0. The fraction of sp³-hybridized carbons (Fsp3) is 0.941. The predicted molar refractivity (Wildman–Crippen MR) is 85.0 cm³/mol. The third-order valence-electron chi connectivity index (χ3n) is 5.08. The van der Waals surface area contributed by atoms with Crippen molar-refractivity contribution in [1.29, 1.82) is 0 Å². The van der Waals surface area contributed by atoms with Crippen LogP contribution in [0.1, 0.15) is 58.3 Å². The summed E-state index contributed by atoms with van der Waals surface area (Å²) in [5.41, 5.74) is 0. The van der Waals surface area contributed by atoms with Gasteiger partial charge in [0.05, 0.1) is 6.10 Å². The van der Waals surface area contributed by atoms with Crippen LogP contribution in [0.4, 0.5) is 0 Å². The molecule has 1 aliphatic carbocycles. The normalized spacial score (nSPS) is 24.5. The molecule has 0 bridgehead atoms. The van der Waals surface area contributed by atoms with E-state index in [1.807, 2.05) is 0 Å². The summed E-state index contributed by atoms with van der Waals surface area (Å²) in [6.07, 6.45) is 8.92. The minimum absolute atomic E-state index is 0.156. The molecule has 2 N–H and O–H groups in total. The van der Waals surface area contributed by atoms with Gasteiger partial charge in [0, 0.05) is 19.0 Å². The molecule has 1 aliphatic heterocycles. The molecule has 0 spiro atoms. The van der Waals surface area contributed by atoms with Crippen molar-refractivity contribution in [3.63, 3.8) is 0 Å². The Balaban J connectivity index is 1.63. The molecule has 1 heterocycles. The Labute approximate surface area is 129 Å². The van der Waals surface area contributed by atoms with E-state index in [1.54, 1.807) is 0 Å². The molecule has 2 fully saturated rings. The number of piperidine rings is 1. The number of amides is 1. The van der Waals surface area contributed by atoms with Crippen molar-refractivity contribution < 1.29 is 9.90 Å². The number of aliphatic hydroxyl groups is 1. The van der Waals surface area contributed by atoms with Gasteiger partial charge in [-0.15, -0.1) is 0 Å². The van der Waals surface area contributed by atoms with Gasteiger partial charge in [0.25, 0.3) is 0 Å². The van der Waals surface area contributed by atoms with Gasteiger partial charge < -0.3 is 15.3 Å². The number of likely N-dealkylation sites (tertiary alicyclic amines) is 1. The zero-order valence-electron chi connectivity index (χ0n) is 13.5. The van der Waals surface area contributed by atoms with Crippen molar-refractivity contribution in [1.82, 2.24) is 10.2 Å². The van der Waals surface area contributed by atoms with E-state index < -0.39 is 6.10 Å². The number of nitrogens with one attached hydrogen (secondary N) is 1. The fourth-order valence-corrected chi connectivity index (χ4v) is 3.51. The molecule has 122 valence electrons. The molecule has 0 aromatic carbocycles. The Morgan fingerprint density at radius 2 is 1.76 bits per heavy atom. The summed E-state index contributed by atoms with van der Waals surface area (Å²) in [5, 5.41) is 13.1. The molecule has 0 unspecified atom stereocenters. The van der Waals surface area contributed by atoms with Gasteiger partial charge in [-0.05, 0) is 44.7 Å². The minimum Gasteiger partial charge on any atom is -0.390 e. The maximum Gasteiger partial charge on any atom is 0.223 e. The Morgan fingerprint density at radius 1 is 1.14 bits per heavy atom. The highest BCUT2D eigenvalue weighted by Crippen LogP contribution is 2.22. The maximum absolute atomic E-state index is 12.2. The summed E-state index contributed by atoms with van der Waals surface area (Å²) < 4.78 is 0. The second kappa shape index (κ2) is 8.74. The fourth-order valence-electron chi connectivity index (χ4n) is 3.51. The van der Waals surface area contributed by atoms with Crippen molar-refractivity contribution in [2.24, 2.45) is 11.8 Å². The van der Waals surface area contributed by atoms with Gasteiger partial charge in [0.1, 0.15) is 0 Å². The smallest absolute Gasteiger partial charge is 0.223 e. The maximum atomic E-state index is 12.2. The lowest BCUT2D eigenvalue weighted by Crippen LogP contribution is -2.44. The molecule has 0 aromatic heterocycles. The average Bonchev–Trinajstić information content (AvgIpc) is 2.76. The largest absolute Gasteiger partial charge is 0.390 e. The van der Waals surface area contributed by atoms with E-state index >= 15 is 0 Å². The number of hydrogen-bond donors (Lipinski definition) is 2. The molecule has 1 saturated carbocycles. The SMILES string of the molecule is CC1CCN(C[C@@H](O)CNC(=O)C2CCCCCC2)CC1. The van der Waals surface area contributed by atoms with E-state index in [1.165, 1.54) is 38.5 Å². The molecular weight excluding hydrogens is 264 g/mol. The van der Waals surface area contributed by atoms with Gasteiger partial charge in [-0.3, -0.25) is 4.79 Å². The molecule has 4 nitrogen and oxygen atoms in total. The molecule has 1 amide bonds. The zero-order valence-corrected chi connectivity index (χ0v) is 13.5. The summed E-state index contributed by atoms with van der Waals surface area (Å²) in [6.45, 7) is 5.55. The molecular formula is C17H32N2O2. The molecule has 1 saturated heterocycles. The first-order chi connectivity index (χ1) is 10.1. The van der Waals surface area contributed by atoms with E-state index in [0.717, 1.165) is 31.8 Å². The first-order valence-corrected chi connectivity index (χ1v) is 8.83. The Hall–Kier alpha value is -0.610. The van der Waals surface area contributed by atoms with Crippen LogP contribution in [0.2, 0.25) is 0 Å². The molecule has 2 rings (SSSR count). The number of hydrogen-bond acceptors (Lipinski definition) is 3. The van der Waals surface area contributed by atoms with Crippen molar-refractivity contribution in [3.8, 4) is 0 Å². The van der Waals surface area contributed by atoms with Crippen molar-refractivity contribution in [2.45, 2.75) is 64.4 Å². The van der Waals surface area contributed by atoms with Gasteiger partial charge in [0.2, 0.25) is 5.91 Å². The van der Waals surface area contributed by atoms with Crippen LogP contribution in [-0.2, 0) is 4.79 Å². The van der Waals surface area contributed by atoms with Gasteiger partial charge in [-0.2, -0.15) is 0 Å². The third kappa shape index (κ3) is 5.95. The highest BCUT2D eigenvalue weighted by atomic mass is 16.3. The highest BCUT2D eigenvalue weighted by Gasteiger charge is 2.22. The lowest BCUT2D eigenvalue weighted by Gasteiger charge is -2.31. The minimum atomic E-state index is -0.437. The number of β-amino-alcohol motifs (C(OH)–C–C–N with tert-alkyl or cyclic N) is 1. The second-order valence-electron chi connectivity index (χ2n) is 7.07. The number of rotatable bonds is 5. The van der Waals surface area contributed by atoms with Gasteiger partial charge >= 0.3 is 0 Å². The molecule has 21 heavy (non-hydrogen) atoms. The van der Waals surface area contributed by atoms with E-state index in [2.05, 4.69) is 17.1 Å². The topological polar surface area (TPSA) is 52.6 Å². The van der Waals surface area contributed by atoms with E-state index in [-0.39, 0.29) is 11.8 Å². The van der Waals surface area contributed by atoms with Crippen LogP contribution < -0.4 is 5.32 Å². The lowest BCUT2D eigenvalue weighted by molar-refractivity contribution is -0.125. The van der Waals surface area contributed by atoms with Crippen LogP contribution >= 0.6 is 0 Å². The Kier molecular flexibility index (Phi) is 6.97. The van der Waals surface area contributed by atoms with Crippen LogP contribution in [0, 0.1) is 11.8 Å². The van der Waals surface area contributed by atoms with E-state index in [4.69, 9.17) is 0 Å². The Bertz CT molecular complexity index is 306. The van der Waals surface area contributed by atoms with Crippen LogP contribution in [0.5, 0.6) is 0 Å². The molecule has 0 radical (unpaired) electrons. The number of aliphatic hydroxyl groups excluding tert-OH is 1. The van der Waals surface area contributed by atoms with Gasteiger partial charge in [0.15, 0.2) is 0 Å². The van der Waals surface area contributed by atoms with Crippen molar-refractivity contribution in [3.05, 3.63) is 0 Å². The number of carbonyl (C=O) groups is 1. The van der Waals surface area contributed by atoms with Crippen LogP contribution in [0.25, 0.3) is 0 Å². The zero-order chi connectivity index (χ0) is 15.1. The van der Waals surface area contributed by atoms with Gasteiger partial charge in [-0.25, -0.2) is 0 Å².